The van der Waals surface area contributed by atoms with Gasteiger partial charge in [-0.1, -0.05) is 13.3 Å². The van der Waals surface area contributed by atoms with E-state index in [0.717, 1.165) is 51.7 Å². The molecule has 5 heteroatoms. The molecule has 1 heterocycles. The van der Waals surface area contributed by atoms with E-state index in [2.05, 4.69) is 11.8 Å². The standard InChI is InChI=1S/C16H34N2O3/c1-2-3-9-19-11-13-21-14-12-20-10-8-18-6-4-16(15-17)5-7-18/h16H,2-15,17H2,1H3. The molecular formula is C16H34N2O3. The lowest BCUT2D eigenvalue weighted by atomic mass is 9.97. The van der Waals surface area contributed by atoms with Crippen LogP contribution in [-0.4, -0.2) is 70.7 Å². The van der Waals surface area contributed by atoms with Crippen LogP contribution in [0.3, 0.4) is 0 Å². The number of hydrogen-bond donors (Lipinski definition) is 1. The highest BCUT2D eigenvalue weighted by atomic mass is 16.5. The molecule has 0 saturated carbocycles. The number of hydrogen-bond acceptors (Lipinski definition) is 5. The van der Waals surface area contributed by atoms with Crippen LogP contribution in [0.4, 0.5) is 0 Å². The van der Waals surface area contributed by atoms with Gasteiger partial charge in [0.15, 0.2) is 0 Å². The van der Waals surface area contributed by atoms with Gasteiger partial charge in [0, 0.05) is 13.2 Å². The summed E-state index contributed by atoms with van der Waals surface area (Å²) in [7, 11) is 0. The van der Waals surface area contributed by atoms with Gasteiger partial charge in [-0.05, 0) is 44.8 Å². The van der Waals surface area contributed by atoms with E-state index in [9.17, 15) is 0 Å². The average Bonchev–Trinajstić information content (AvgIpc) is 2.53. The number of piperidine rings is 1. The lowest BCUT2D eigenvalue weighted by Crippen LogP contribution is -2.38. The maximum absolute atomic E-state index is 5.70. The monoisotopic (exact) mass is 302 g/mol. The lowest BCUT2D eigenvalue weighted by molar-refractivity contribution is 0.00868. The fourth-order valence-corrected chi connectivity index (χ4v) is 2.43. The van der Waals surface area contributed by atoms with Gasteiger partial charge in [0.2, 0.25) is 0 Å². The number of likely N-dealkylation sites (tertiary alicyclic amines) is 1. The third-order valence-electron chi connectivity index (χ3n) is 3.98. The summed E-state index contributed by atoms with van der Waals surface area (Å²) >= 11 is 0. The van der Waals surface area contributed by atoms with E-state index in [1.807, 2.05) is 0 Å². The third-order valence-corrected chi connectivity index (χ3v) is 3.98. The molecule has 2 N–H and O–H groups in total. The Morgan fingerprint density at radius 2 is 1.48 bits per heavy atom. The van der Waals surface area contributed by atoms with Gasteiger partial charge < -0.3 is 24.8 Å². The first kappa shape index (κ1) is 18.8. The van der Waals surface area contributed by atoms with Crippen molar-refractivity contribution in [1.82, 2.24) is 4.90 Å². The molecule has 0 bridgehead atoms. The van der Waals surface area contributed by atoms with Gasteiger partial charge in [-0.2, -0.15) is 0 Å². The van der Waals surface area contributed by atoms with Crippen molar-refractivity contribution in [1.29, 1.82) is 0 Å². The summed E-state index contributed by atoms with van der Waals surface area (Å²) in [5, 5.41) is 0. The molecule has 5 nitrogen and oxygen atoms in total. The van der Waals surface area contributed by atoms with E-state index in [0.29, 0.717) is 26.4 Å². The van der Waals surface area contributed by atoms with Crippen LogP contribution in [0, 0.1) is 5.92 Å². The number of nitrogens with zero attached hydrogens (tertiary/aromatic N) is 1. The highest BCUT2D eigenvalue weighted by Gasteiger charge is 2.17. The summed E-state index contributed by atoms with van der Waals surface area (Å²) in [6.45, 7) is 10.7. The van der Waals surface area contributed by atoms with Crippen molar-refractivity contribution in [3.63, 3.8) is 0 Å². The van der Waals surface area contributed by atoms with Gasteiger partial charge in [-0.25, -0.2) is 0 Å². The Morgan fingerprint density at radius 3 is 2.05 bits per heavy atom. The summed E-state index contributed by atoms with van der Waals surface area (Å²) in [4.78, 5) is 2.47. The van der Waals surface area contributed by atoms with Crippen LogP contribution in [0.1, 0.15) is 32.6 Å². The van der Waals surface area contributed by atoms with Gasteiger partial charge in [-0.15, -0.1) is 0 Å². The molecule has 0 radical (unpaired) electrons. The zero-order valence-corrected chi connectivity index (χ0v) is 13.7. The SMILES string of the molecule is CCCCOCCOCCOCCN1CCC(CN)CC1. The second-order valence-electron chi connectivity index (χ2n) is 5.71. The normalized spacial score (nSPS) is 17.4. The van der Waals surface area contributed by atoms with Crippen molar-refractivity contribution in [2.24, 2.45) is 11.7 Å². The van der Waals surface area contributed by atoms with Crippen LogP contribution in [-0.2, 0) is 14.2 Å². The molecule has 0 unspecified atom stereocenters. The Labute approximate surface area is 130 Å². The molecule has 21 heavy (non-hydrogen) atoms. The smallest absolute Gasteiger partial charge is 0.0701 e. The molecule has 0 amide bonds. The first-order valence-electron chi connectivity index (χ1n) is 8.52. The zero-order chi connectivity index (χ0) is 15.2. The minimum atomic E-state index is 0.659. The fourth-order valence-electron chi connectivity index (χ4n) is 2.43. The Hall–Kier alpha value is -0.200. The van der Waals surface area contributed by atoms with Crippen LogP contribution in [0.25, 0.3) is 0 Å². The molecule has 0 aromatic carbocycles. The van der Waals surface area contributed by atoms with Crippen molar-refractivity contribution in [3.8, 4) is 0 Å². The first-order chi connectivity index (χ1) is 10.4. The van der Waals surface area contributed by atoms with E-state index in [-0.39, 0.29) is 0 Å². The Kier molecular flexibility index (Phi) is 12.1. The van der Waals surface area contributed by atoms with Crippen molar-refractivity contribution >= 4 is 0 Å². The van der Waals surface area contributed by atoms with Gasteiger partial charge in [0.25, 0.3) is 0 Å². The molecular weight excluding hydrogens is 268 g/mol. The predicted octanol–water partition coefficient (Wildman–Crippen LogP) is 1.51. The lowest BCUT2D eigenvalue weighted by Gasteiger charge is -2.31. The molecule has 1 fully saturated rings. The first-order valence-corrected chi connectivity index (χ1v) is 8.52. The summed E-state index contributed by atoms with van der Waals surface area (Å²) in [5.74, 6) is 0.732. The maximum Gasteiger partial charge on any atom is 0.0701 e. The van der Waals surface area contributed by atoms with Gasteiger partial charge >= 0.3 is 0 Å². The van der Waals surface area contributed by atoms with Crippen molar-refractivity contribution in [3.05, 3.63) is 0 Å². The van der Waals surface area contributed by atoms with Gasteiger partial charge in [-0.3, -0.25) is 0 Å². The van der Waals surface area contributed by atoms with E-state index >= 15 is 0 Å². The molecule has 1 aliphatic heterocycles. The van der Waals surface area contributed by atoms with Crippen LogP contribution in [0.15, 0.2) is 0 Å². The summed E-state index contributed by atoms with van der Waals surface area (Å²) < 4.78 is 16.5. The number of rotatable bonds is 13. The summed E-state index contributed by atoms with van der Waals surface area (Å²) in [6.07, 6.45) is 4.78. The van der Waals surface area contributed by atoms with E-state index in [4.69, 9.17) is 19.9 Å². The van der Waals surface area contributed by atoms with Crippen molar-refractivity contribution in [2.45, 2.75) is 32.6 Å². The van der Waals surface area contributed by atoms with Gasteiger partial charge in [0.05, 0.1) is 33.0 Å². The Balaban J connectivity index is 1.77. The third kappa shape index (κ3) is 10.2. The van der Waals surface area contributed by atoms with E-state index in [1.165, 1.54) is 19.3 Å². The number of ether oxygens (including phenoxy) is 3. The van der Waals surface area contributed by atoms with Crippen LogP contribution >= 0.6 is 0 Å². The van der Waals surface area contributed by atoms with Crippen LogP contribution in [0.5, 0.6) is 0 Å². The Bertz CT molecular complexity index is 222. The molecule has 0 aromatic heterocycles. The maximum atomic E-state index is 5.70. The second-order valence-corrected chi connectivity index (χ2v) is 5.71. The molecule has 0 atom stereocenters. The molecule has 1 aliphatic rings. The molecule has 0 aromatic rings. The number of unbranched alkanes of at least 4 members (excludes halogenated alkanes) is 1. The topological polar surface area (TPSA) is 57.0 Å². The van der Waals surface area contributed by atoms with Crippen LogP contribution in [0.2, 0.25) is 0 Å². The fraction of sp³-hybridized carbons (Fsp3) is 1.00. The van der Waals surface area contributed by atoms with E-state index in [1.54, 1.807) is 0 Å². The quantitative estimate of drug-likeness (QED) is 0.523. The van der Waals surface area contributed by atoms with Crippen molar-refractivity contribution in [2.75, 3.05) is 65.8 Å². The summed E-state index contributed by atoms with van der Waals surface area (Å²) in [5.41, 5.74) is 5.70. The number of nitrogens with two attached hydrogens (primary N) is 1. The molecule has 1 rings (SSSR count). The predicted molar refractivity (Wildman–Crippen MR) is 85.6 cm³/mol. The van der Waals surface area contributed by atoms with E-state index < -0.39 is 0 Å². The highest BCUT2D eigenvalue weighted by Crippen LogP contribution is 2.15. The Morgan fingerprint density at radius 1 is 0.905 bits per heavy atom. The second kappa shape index (κ2) is 13.5. The summed E-state index contributed by atoms with van der Waals surface area (Å²) in [6, 6.07) is 0. The molecule has 0 spiro atoms. The minimum absolute atomic E-state index is 0.659. The largest absolute Gasteiger partial charge is 0.379 e. The van der Waals surface area contributed by atoms with Crippen molar-refractivity contribution < 1.29 is 14.2 Å². The van der Waals surface area contributed by atoms with Gasteiger partial charge in [0.1, 0.15) is 0 Å². The highest BCUT2D eigenvalue weighted by molar-refractivity contribution is 4.72. The van der Waals surface area contributed by atoms with Crippen LogP contribution < -0.4 is 5.73 Å². The zero-order valence-electron chi connectivity index (χ0n) is 13.7. The minimum Gasteiger partial charge on any atom is -0.379 e. The molecule has 0 aliphatic carbocycles. The molecule has 1 saturated heterocycles. The molecule has 126 valence electrons. The average molecular weight is 302 g/mol.